The van der Waals surface area contributed by atoms with Crippen LogP contribution in [0.15, 0.2) is 24.3 Å². The average molecular weight is 905 g/mol. The lowest BCUT2D eigenvalue weighted by molar-refractivity contribution is -0.132. The lowest BCUT2D eigenvalue weighted by Crippen LogP contribution is -2.53. The van der Waals surface area contributed by atoms with Crippen LogP contribution in [0.2, 0.25) is 0 Å². The van der Waals surface area contributed by atoms with Gasteiger partial charge in [-0.25, -0.2) is 0 Å². The zero-order valence-corrected chi connectivity index (χ0v) is 43.0. The van der Waals surface area contributed by atoms with E-state index in [2.05, 4.69) is 43.5 Å². The highest BCUT2D eigenvalue weighted by Crippen LogP contribution is 2.18. The molecule has 0 spiro atoms. The Labute approximate surface area is 399 Å². The molecule has 0 radical (unpaired) electrons. The Balaban J connectivity index is 3.66. The van der Waals surface area contributed by atoms with Crippen LogP contribution in [0.1, 0.15) is 309 Å². The molecule has 0 aliphatic rings. The van der Waals surface area contributed by atoms with Crippen LogP contribution >= 0.6 is 0 Å². The maximum Gasteiger partial charge on any atom is 0.249 e. The summed E-state index contributed by atoms with van der Waals surface area (Å²) < 4.78 is 0. The molecule has 0 rings (SSSR count). The normalized spacial score (nSPS) is 13.9. The third-order valence-corrected chi connectivity index (χ3v) is 13.6. The molecule has 0 aliphatic carbocycles. The fraction of sp³-hybridized carbons (Fsp3) is 0.914. The van der Waals surface area contributed by atoms with Crippen LogP contribution in [0.3, 0.4) is 0 Å². The van der Waals surface area contributed by atoms with Gasteiger partial charge in [-0.2, -0.15) is 0 Å². The van der Waals surface area contributed by atoms with Crippen LogP contribution in [0.4, 0.5) is 0 Å². The van der Waals surface area contributed by atoms with Crippen LogP contribution in [0.25, 0.3) is 0 Å². The molecule has 6 heteroatoms. The van der Waals surface area contributed by atoms with E-state index in [0.717, 1.165) is 38.5 Å². The largest absolute Gasteiger partial charge is 0.394 e. The number of nitrogens with one attached hydrogen (secondary N) is 1. The summed E-state index contributed by atoms with van der Waals surface area (Å²) in [6.07, 6.45) is 64.0. The fourth-order valence-electron chi connectivity index (χ4n) is 9.13. The van der Waals surface area contributed by atoms with E-state index in [-0.39, 0.29) is 0 Å². The van der Waals surface area contributed by atoms with Crippen molar-refractivity contribution < 1.29 is 25.2 Å². The highest BCUT2D eigenvalue weighted by atomic mass is 16.3. The number of amides is 1. The monoisotopic (exact) mass is 904 g/mol. The average Bonchev–Trinajstić information content (AvgIpc) is 3.30. The second-order valence-corrected chi connectivity index (χ2v) is 20.0. The van der Waals surface area contributed by atoms with Gasteiger partial charge in [-0.3, -0.25) is 4.79 Å². The summed E-state index contributed by atoms with van der Waals surface area (Å²) in [5.41, 5.74) is 0. The van der Waals surface area contributed by atoms with E-state index in [1.54, 1.807) is 0 Å². The third kappa shape index (κ3) is 45.9. The van der Waals surface area contributed by atoms with Crippen molar-refractivity contribution in [2.24, 2.45) is 0 Å². The smallest absolute Gasteiger partial charge is 0.249 e. The molecule has 0 heterocycles. The summed E-state index contributed by atoms with van der Waals surface area (Å²) in [4.78, 5) is 12.6. The first-order chi connectivity index (χ1) is 31.5. The molecule has 380 valence electrons. The van der Waals surface area contributed by atoms with Gasteiger partial charge in [-0.15, -0.1) is 0 Å². The molecule has 4 atom stereocenters. The van der Waals surface area contributed by atoms with E-state index in [1.807, 2.05) is 0 Å². The molecule has 0 fully saturated rings. The summed E-state index contributed by atoms with van der Waals surface area (Å²) in [5.74, 6) is -0.592. The van der Waals surface area contributed by atoms with Gasteiger partial charge in [-0.1, -0.05) is 282 Å². The molecule has 0 aliphatic heterocycles. The van der Waals surface area contributed by atoms with E-state index >= 15 is 0 Å². The van der Waals surface area contributed by atoms with E-state index in [9.17, 15) is 25.2 Å². The molecule has 0 aromatic rings. The zero-order valence-electron chi connectivity index (χ0n) is 43.0. The number of hydrogen-bond acceptors (Lipinski definition) is 5. The minimum atomic E-state index is -1.29. The first-order valence-electron chi connectivity index (χ1n) is 28.7. The number of carbonyl (C=O) groups excluding carboxylic acids is 1. The SMILES string of the molecule is CCCCCCCCCCCCCCCCCC/C=C/CC/C=C/CCCC(O)C(O)C(CO)NC(=O)C(O)CCCCCCCCCCCCCCCCCCCCCCCCC. The predicted molar refractivity (Wildman–Crippen MR) is 279 cm³/mol. The van der Waals surface area contributed by atoms with Gasteiger partial charge in [0.2, 0.25) is 5.91 Å². The van der Waals surface area contributed by atoms with Gasteiger partial charge >= 0.3 is 0 Å². The molecular formula is C58H113NO5. The molecule has 5 N–H and O–H groups in total. The van der Waals surface area contributed by atoms with Crippen molar-refractivity contribution in [3.8, 4) is 0 Å². The first kappa shape index (κ1) is 62.8. The molecule has 4 unspecified atom stereocenters. The second-order valence-electron chi connectivity index (χ2n) is 20.0. The van der Waals surface area contributed by atoms with Gasteiger partial charge in [0.25, 0.3) is 0 Å². The number of hydrogen-bond donors (Lipinski definition) is 5. The lowest BCUT2D eigenvalue weighted by Gasteiger charge is -2.27. The van der Waals surface area contributed by atoms with Gasteiger partial charge in [0.1, 0.15) is 12.2 Å². The highest BCUT2D eigenvalue weighted by Gasteiger charge is 2.28. The van der Waals surface area contributed by atoms with Crippen LogP contribution < -0.4 is 5.32 Å². The Kier molecular flexibility index (Phi) is 51.8. The minimum Gasteiger partial charge on any atom is -0.394 e. The molecule has 0 aromatic heterocycles. The summed E-state index contributed by atoms with van der Waals surface area (Å²) in [7, 11) is 0. The summed E-state index contributed by atoms with van der Waals surface area (Å²) in [5, 5.41) is 44.0. The Morgan fingerprint density at radius 2 is 0.656 bits per heavy atom. The van der Waals surface area contributed by atoms with Crippen molar-refractivity contribution in [3.63, 3.8) is 0 Å². The van der Waals surface area contributed by atoms with Crippen molar-refractivity contribution in [1.29, 1.82) is 0 Å². The quantitative estimate of drug-likeness (QED) is 0.0308. The number of carbonyl (C=O) groups is 1. The van der Waals surface area contributed by atoms with E-state index in [1.165, 1.54) is 238 Å². The van der Waals surface area contributed by atoms with E-state index < -0.39 is 36.9 Å². The number of unbranched alkanes of at least 4 members (excludes halogenated alkanes) is 40. The zero-order chi connectivity index (χ0) is 46.7. The molecule has 6 nitrogen and oxygen atoms in total. The van der Waals surface area contributed by atoms with Crippen molar-refractivity contribution in [2.45, 2.75) is 334 Å². The van der Waals surface area contributed by atoms with Gasteiger partial charge in [0, 0.05) is 0 Å². The molecule has 1 amide bonds. The molecule has 0 saturated carbocycles. The predicted octanol–water partition coefficient (Wildman–Crippen LogP) is 16.6. The van der Waals surface area contributed by atoms with Gasteiger partial charge in [-0.05, 0) is 51.4 Å². The van der Waals surface area contributed by atoms with Crippen molar-refractivity contribution in [1.82, 2.24) is 5.32 Å². The fourth-order valence-corrected chi connectivity index (χ4v) is 9.13. The van der Waals surface area contributed by atoms with Crippen molar-refractivity contribution >= 4 is 5.91 Å². The third-order valence-electron chi connectivity index (χ3n) is 13.6. The summed E-state index contributed by atoms with van der Waals surface area (Å²) in [6, 6.07) is -1.01. The number of aliphatic hydroxyl groups excluding tert-OH is 4. The number of allylic oxidation sites excluding steroid dienone is 4. The minimum absolute atomic E-state index is 0.365. The first-order valence-corrected chi connectivity index (χ1v) is 28.7. The highest BCUT2D eigenvalue weighted by molar-refractivity contribution is 5.80. The molecule has 0 saturated heterocycles. The van der Waals surface area contributed by atoms with Gasteiger partial charge < -0.3 is 25.7 Å². The number of rotatable bonds is 53. The standard InChI is InChI=1S/C58H113NO5/c1-3-5-7-9-11-13-15-17-19-21-23-25-27-28-30-31-33-35-37-39-41-43-45-47-49-51-55(61)57(63)54(53-60)59-58(64)56(62)52-50-48-46-44-42-40-38-36-34-32-29-26-24-22-20-18-16-14-12-10-8-6-4-2/h35,37,43,45,54-57,60-63H,3-34,36,38-42,44,46-53H2,1-2H3,(H,59,64)/b37-35+,45-43+. The van der Waals surface area contributed by atoms with Crippen LogP contribution in [0.5, 0.6) is 0 Å². The lowest BCUT2D eigenvalue weighted by atomic mass is 10.00. The van der Waals surface area contributed by atoms with E-state index in [0.29, 0.717) is 19.3 Å². The Bertz CT molecular complexity index is 970. The molecule has 0 bridgehead atoms. The topological polar surface area (TPSA) is 110 Å². The van der Waals surface area contributed by atoms with Crippen molar-refractivity contribution in [3.05, 3.63) is 24.3 Å². The maximum atomic E-state index is 12.6. The molecular weight excluding hydrogens is 791 g/mol. The molecule has 64 heavy (non-hydrogen) atoms. The summed E-state index contributed by atoms with van der Waals surface area (Å²) >= 11 is 0. The number of aliphatic hydroxyl groups is 4. The van der Waals surface area contributed by atoms with Gasteiger partial charge in [0.05, 0.1) is 18.8 Å². The maximum absolute atomic E-state index is 12.6. The van der Waals surface area contributed by atoms with Crippen LogP contribution in [0, 0.1) is 0 Å². The van der Waals surface area contributed by atoms with E-state index in [4.69, 9.17) is 0 Å². The Hall–Kier alpha value is -1.21. The van der Waals surface area contributed by atoms with Crippen molar-refractivity contribution in [2.75, 3.05) is 6.61 Å². The Morgan fingerprint density at radius 3 is 0.984 bits per heavy atom. The Morgan fingerprint density at radius 1 is 0.375 bits per heavy atom. The van der Waals surface area contributed by atoms with Gasteiger partial charge in [0.15, 0.2) is 0 Å². The van der Waals surface area contributed by atoms with Crippen LogP contribution in [-0.2, 0) is 4.79 Å². The summed E-state index contributed by atoms with van der Waals surface area (Å²) in [6.45, 7) is 4.08. The molecule has 0 aromatic carbocycles. The second kappa shape index (κ2) is 52.8. The van der Waals surface area contributed by atoms with Crippen LogP contribution in [-0.4, -0.2) is 57.3 Å².